The number of nitro groups is 1. The van der Waals surface area contributed by atoms with Crippen molar-refractivity contribution in [2.75, 3.05) is 12.3 Å². The molecule has 0 aliphatic heterocycles. The van der Waals surface area contributed by atoms with Gasteiger partial charge in [-0.15, -0.1) is 0 Å². The van der Waals surface area contributed by atoms with E-state index >= 15 is 0 Å². The summed E-state index contributed by atoms with van der Waals surface area (Å²) < 4.78 is 0. The van der Waals surface area contributed by atoms with Crippen LogP contribution in [0.3, 0.4) is 0 Å². The average Bonchev–Trinajstić information content (AvgIpc) is 2.69. The molecule has 0 aliphatic rings. The van der Waals surface area contributed by atoms with E-state index in [1.54, 1.807) is 30.3 Å². The van der Waals surface area contributed by atoms with Gasteiger partial charge in [0, 0.05) is 22.7 Å². The van der Waals surface area contributed by atoms with Crippen molar-refractivity contribution in [1.29, 1.82) is 0 Å². The van der Waals surface area contributed by atoms with Crippen LogP contribution in [-0.2, 0) is 19.2 Å². The Morgan fingerprint density at radius 1 is 1.17 bits per heavy atom. The summed E-state index contributed by atoms with van der Waals surface area (Å²) in [5.74, 6) is -4.34. The largest absolute Gasteiger partial charge is 0.480 e. The zero-order chi connectivity index (χ0) is 22.7. The van der Waals surface area contributed by atoms with E-state index in [1.165, 1.54) is 0 Å². The first-order valence-electron chi connectivity index (χ1n) is 8.69. The van der Waals surface area contributed by atoms with Crippen molar-refractivity contribution in [3.8, 4) is 0 Å². The van der Waals surface area contributed by atoms with Crippen LogP contribution in [0, 0.1) is 10.1 Å². The van der Waals surface area contributed by atoms with Crippen LogP contribution >= 0.6 is 11.8 Å². The van der Waals surface area contributed by atoms with Crippen LogP contribution in [-0.4, -0.2) is 63.3 Å². The summed E-state index contributed by atoms with van der Waals surface area (Å²) in [6.45, 7) is -0.697. The predicted molar refractivity (Wildman–Crippen MR) is 106 cm³/mol. The van der Waals surface area contributed by atoms with Gasteiger partial charge < -0.3 is 26.6 Å². The Labute approximate surface area is 175 Å². The third-order valence-electron chi connectivity index (χ3n) is 3.76. The lowest BCUT2D eigenvalue weighted by Gasteiger charge is -2.19. The number of carbonyl (C=O) groups excluding carboxylic acids is 2. The van der Waals surface area contributed by atoms with Gasteiger partial charge >= 0.3 is 11.9 Å². The monoisotopic (exact) mass is 442 g/mol. The van der Waals surface area contributed by atoms with E-state index in [9.17, 15) is 29.3 Å². The van der Waals surface area contributed by atoms with Crippen LogP contribution in [0.1, 0.15) is 23.8 Å². The number of thioether (sulfide) groups is 1. The minimum absolute atomic E-state index is 0.181. The second-order valence-corrected chi connectivity index (χ2v) is 7.21. The number of amides is 2. The SMILES string of the molecule is NC(CCC(=O)NC(CSC(c1ccccc1)[N+](=O)[O-])C(=O)NCC(=O)O)C(=O)O. The highest BCUT2D eigenvalue weighted by atomic mass is 32.2. The molecule has 0 aromatic heterocycles. The minimum atomic E-state index is -1.30. The molecule has 0 saturated carbocycles. The van der Waals surface area contributed by atoms with Gasteiger partial charge in [-0.25, -0.2) is 0 Å². The lowest BCUT2D eigenvalue weighted by atomic mass is 10.1. The zero-order valence-electron chi connectivity index (χ0n) is 15.7. The molecule has 0 radical (unpaired) electrons. The second-order valence-electron chi connectivity index (χ2n) is 6.10. The van der Waals surface area contributed by atoms with Crippen LogP contribution < -0.4 is 16.4 Å². The first-order chi connectivity index (χ1) is 14.1. The predicted octanol–water partition coefficient (Wildman–Crippen LogP) is -0.427. The van der Waals surface area contributed by atoms with E-state index in [2.05, 4.69) is 10.6 Å². The molecule has 0 saturated heterocycles. The summed E-state index contributed by atoms with van der Waals surface area (Å²) in [4.78, 5) is 56.6. The van der Waals surface area contributed by atoms with E-state index < -0.39 is 52.7 Å². The molecule has 1 rings (SSSR count). The minimum Gasteiger partial charge on any atom is -0.480 e. The second kappa shape index (κ2) is 12.4. The first-order valence-corrected chi connectivity index (χ1v) is 9.74. The summed E-state index contributed by atoms with van der Waals surface area (Å²) in [6.07, 6.45) is -0.475. The van der Waals surface area contributed by atoms with Crippen molar-refractivity contribution < 1.29 is 34.3 Å². The molecular formula is C17H22N4O8S. The smallest absolute Gasteiger partial charge is 0.322 e. The maximum Gasteiger partial charge on any atom is 0.322 e. The highest BCUT2D eigenvalue weighted by Crippen LogP contribution is 2.29. The van der Waals surface area contributed by atoms with Gasteiger partial charge in [0.25, 0.3) is 5.37 Å². The summed E-state index contributed by atoms with van der Waals surface area (Å²) in [6, 6.07) is 5.50. The van der Waals surface area contributed by atoms with Crippen molar-refractivity contribution >= 4 is 35.5 Å². The summed E-state index contributed by atoms with van der Waals surface area (Å²) >= 11 is 0.784. The average molecular weight is 442 g/mol. The van der Waals surface area contributed by atoms with Crippen LogP contribution in [0.4, 0.5) is 0 Å². The Morgan fingerprint density at radius 2 is 1.80 bits per heavy atom. The first kappa shape index (κ1) is 24.8. The number of nitrogens with one attached hydrogen (secondary N) is 2. The molecule has 2 amide bonds. The molecule has 164 valence electrons. The number of nitrogens with zero attached hydrogens (tertiary/aromatic N) is 1. The van der Waals surface area contributed by atoms with E-state index in [0.29, 0.717) is 5.56 Å². The highest BCUT2D eigenvalue weighted by Gasteiger charge is 2.28. The van der Waals surface area contributed by atoms with Crippen LogP contribution in [0.15, 0.2) is 30.3 Å². The molecule has 0 aliphatic carbocycles. The Hall–Kier alpha value is -3.19. The lowest BCUT2D eigenvalue weighted by molar-refractivity contribution is -0.500. The van der Waals surface area contributed by atoms with Gasteiger partial charge in [0.05, 0.1) is 0 Å². The Kier molecular flexibility index (Phi) is 10.3. The summed E-state index contributed by atoms with van der Waals surface area (Å²) in [7, 11) is 0. The van der Waals surface area contributed by atoms with Gasteiger partial charge in [0.2, 0.25) is 11.8 Å². The highest BCUT2D eigenvalue weighted by molar-refractivity contribution is 7.99. The van der Waals surface area contributed by atoms with Gasteiger partial charge in [-0.3, -0.25) is 29.3 Å². The molecule has 0 spiro atoms. The standard InChI is InChI=1S/C17H22N4O8S/c18-11(17(26)27)6-7-13(22)20-12(15(25)19-8-14(23)24)9-30-16(21(28)29)10-4-2-1-3-5-10/h1-5,11-12,16H,6-9,18H2,(H,19,25)(H,20,22)(H,23,24)(H,26,27). The van der Waals surface area contributed by atoms with Crippen LogP contribution in [0.5, 0.6) is 0 Å². The van der Waals surface area contributed by atoms with Gasteiger partial charge in [-0.05, 0) is 6.42 Å². The van der Waals surface area contributed by atoms with E-state index in [1.807, 2.05) is 0 Å². The summed E-state index contributed by atoms with van der Waals surface area (Å²) in [5, 5.41) is 32.1. The Balaban J connectivity index is 2.82. The van der Waals surface area contributed by atoms with Crippen molar-refractivity contribution in [2.45, 2.75) is 30.3 Å². The number of aliphatic carboxylic acids is 2. The molecule has 1 aromatic carbocycles. The third kappa shape index (κ3) is 8.87. The fourth-order valence-corrected chi connectivity index (χ4v) is 3.31. The van der Waals surface area contributed by atoms with Crippen molar-refractivity contribution in [3.63, 3.8) is 0 Å². The number of hydrogen-bond acceptors (Lipinski definition) is 8. The molecule has 3 atom stereocenters. The van der Waals surface area contributed by atoms with Gasteiger partial charge in [-0.2, -0.15) is 0 Å². The maximum atomic E-state index is 12.3. The molecule has 13 heteroatoms. The number of rotatable bonds is 13. The molecule has 0 heterocycles. The topological polar surface area (TPSA) is 202 Å². The van der Waals surface area contributed by atoms with E-state index in [0.717, 1.165) is 11.8 Å². The maximum absolute atomic E-state index is 12.3. The molecule has 6 N–H and O–H groups in total. The quantitative estimate of drug-likeness (QED) is 0.151. The van der Waals surface area contributed by atoms with Gasteiger partial charge in [0.1, 0.15) is 18.6 Å². The molecule has 0 fully saturated rings. The molecule has 30 heavy (non-hydrogen) atoms. The number of hydrogen-bond donors (Lipinski definition) is 5. The molecule has 1 aromatic rings. The number of carboxylic acids is 2. The number of carboxylic acid groups (broad SMARTS) is 2. The van der Waals surface area contributed by atoms with Gasteiger partial charge in [-0.1, -0.05) is 42.1 Å². The number of benzene rings is 1. The third-order valence-corrected chi connectivity index (χ3v) is 5.05. The van der Waals surface area contributed by atoms with E-state index in [-0.39, 0.29) is 18.6 Å². The van der Waals surface area contributed by atoms with Crippen molar-refractivity contribution in [3.05, 3.63) is 46.0 Å². The number of nitrogens with two attached hydrogens (primary N) is 1. The Morgan fingerprint density at radius 3 is 2.33 bits per heavy atom. The van der Waals surface area contributed by atoms with Gasteiger partial charge in [0.15, 0.2) is 0 Å². The van der Waals surface area contributed by atoms with Crippen LogP contribution in [0.2, 0.25) is 0 Å². The fraction of sp³-hybridized carbons (Fsp3) is 0.412. The van der Waals surface area contributed by atoms with Crippen molar-refractivity contribution in [2.24, 2.45) is 5.73 Å². The molecule has 3 unspecified atom stereocenters. The van der Waals surface area contributed by atoms with Crippen molar-refractivity contribution in [1.82, 2.24) is 10.6 Å². The Bertz CT molecular complexity index is 776. The molecule has 0 bridgehead atoms. The van der Waals surface area contributed by atoms with E-state index in [4.69, 9.17) is 15.9 Å². The fourth-order valence-electron chi connectivity index (χ4n) is 2.23. The molecular weight excluding hydrogens is 420 g/mol. The summed E-state index contributed by atoms with van der Waals surface area (Å²) in [5.41, 5.74) is 5.71. The normalized spacial score (nSPS) is 13.5. The lowest BCUT2D eigenvalue weighted by Crippen LogP contribution is -2.49. The van der Waals surface area contributed by atoms with Crippen LogP contribution in [0.25, 0.3) is 0 Å². The number of carbonyl (C=O) groups is 4. The molecule has 12 nitrogen and oxygen atoms in total. The zero-order valence-corrected chi connectivity index (χ0v) is 16.5.